The van der Waals surface area contributed by atoms with E-state index in [2.05, 4.69) is 10.6 Å². The summed E-state index contributed by atoms with van der Waals surface area (Å²) in [5.74, 6) is -1.32. The molecule has 0 heterocycles. The van der Waals surface area contributed by atoms with Gasteiger partial charge in [-0.3, -0.25) is 4.79 Å². The Morgan fingerprint density at radius 1 is 1.44 bits per heavy atom. The molecule has 0 saturated carbocycles. The number of rotatable bonds is 6. The van der Waals surface area contributed by atoms with E-state index in [-0.39, 0.29) is 12.1 Å². The molecule has 2 unspecified atom stereocenters. The molecular formula is C12H21N3O3. The molecule has 18 heavy (non-hydrogen) atoms. The molecule has 0 bridgehead atoms. The Morgan fingerprint density at radius 3 is 2.72 bits per heavy atom. The van der Waals surface area contributed by atoms with Gasteiger partial charge < -0.3 is 20.6 Å². The monoisotopic (exact) mass is 255 g/mol. The number of nitrogens with zero attached hydrogens (tertiary/aromatic N) is 1. The Morgan fingerprint density at radius 2 is 2.17 bits per heavy atom. The van der Waals surface area contributed by atoms with Gasteiger partial charge in [0.2, 0.25) is 0 Å². The van der Waals surface area contributed by atoms with Crippen molar-refractivity contribution in [2.45, 2.75) is 18.9 Å². The van der Waals surface area contributed by atoms with Gasteiger partial charge in [-0.05, 0) is 26.4 Å². The van der Waals surface area contributed by atoms with Crippen molar-refractivity contribution in [3.63, 3.8) is 0 Å². The second-order valence-electron chi connectivity index (χ2n) is 4.50. The fraction of sp³-hybridized carbons (Fsp3) is 0.667. The predicted molar refractivity (Wildman–Crippen MR) is 68.4 cm³/mol. The minimum absolute atomic E-state index is 0.160. The van der Waals surface area contributed by atoms with Gasteiger partial charge in [0, 0.05) is 13.6 Å². The molecule has 0 saturated heterocycles. The van der Waals surface area contributed by atoms with Crippen molar-refractivity contribution in [3.05, 3.63) is 12.2 Å². The van der Waals surface area contributed by atoms with Gasteiger partial charge in [-0.15, -0.1) is 0 Å². The summed E-state index contributed by atoms with van der Waals surface area (Å²) < 4.78 is 0. The highest BCUT2D eigenvalue weighted by atomic mass is 16.4. The van der Waals surface area contributed by atoms with Crippen LogP contribution < -0.4 is 10.6 Å². The summed E-state index contributed by atoms with van der Waals surface area (Å²) in [7, 11) is 3.60. The van der Waals surface area contributed by atoms with Crippen molar-refractivity contribution in [3.8, 4) is 0 Å². The van der Waals surface area contributed by atoms with Crippen LogP contribution >= 0.6 is 0 Å². The predicted octanol–water partition coefficient (Wildman–Crippen LogP) is 0.267. The lowest BCUT2D eigenvalue weighted by atomic mass is 10.1. The van der Waals surface area contributed by atoms with Crippen LogP contribution in [-0.4, -0.2) is 55.2 Å². The van der Waals surface area contributed by atoms with Crippen LogP contribution in [-0.2, 0) is 4.79 Å². The normalized spacial score (nSPS) is 21.9. The molecule has 0 radical (unpaired) electrons. The summed E-state index contributed by atoms with van der Waals surface area (Å²) in [5, 5.41) is 14.7. The number of hydrogen-bond donors (Lipinski definition) is 3. The first kappa shape index (κ1) is 14.5. The number of urea groups is 1. The topological polar surface area (TPSA) is 81.7 Å². The zero-order valence-electron chi connectivity index (χ0n) is 10.8. The van der Waals surface area contributed by atoms with E-state index in [0.717, 1.165) is 13.0 Å². The molecule has 0 aromatic rings. The van der Waals surface area contributed by atoms with E-state index in [1.165, 1.54) is 0 Å². The van der Waals surface area contributed by atoms with E-state index in [9.17, 15) is 9.59 Å². The maximum absolute atomic E-state index is 11.8. The molecule has 0 fully saturated rings. The molecule has 0 aliphatic heterocycles. The molecule has 0 aromatic carbocycles. The highest BCUT2D eigenvalue weighted by Gasteiger charge is 2.25. The summed E-state index contributed by atoms with van der Waals surface area (Å²) in [5.41, 5.74) is 0. The van der Waals surface area contributed by atoms with Crippen molar-refractivity contribution in [2.24, 2.45) is 5.92 Å². The van der Waals surface area contributed by atoms with Crippen LogP contribution in [0.2, 0.25) is 0 Å². The van der Waals surface area contributed by atoms with Crippen molar-refractivity contribution in [2.75, 3.05) is 27.2 Å². The van der Waals surface area contributed by atoms with Gasteiger partial charge >= 0.3 is 12.0 Å². The van der Waals surface area contributed by atoms with Crippen molar-refractivity contribution >= 4 is 12.0 Å². The van der Waals surface area contributed by atoms with Gasteiger partial charge in [0.25, 0.3) is 0 Å². The molecule has 6 heteroatoms. The largest absolute Gasteiger partial charge is 0.481 e. The highest BCUT2D eigenvalue weighted by Crippen LogP contribution is 2.17. The molecule has 102 valence electrons. The van der Waals surface area contributed by atoms with Crippen LogP contribution in [0, 0.1) is 5.92 Å². The van der Waals surface area contributed by atoms with Gasteiger partial charge in [0.05, 0.1) is 12.0 Å². The summed E-state index contributed by atoms with van der Waals surface area (Å²) in [4.78, 5) is 24.2. The Labute approximate surface area is 107 Å². The van der Waals surface area contributed by atoms with Crippen molar-refractivity contribution < 1.29 is 14.7 Å². The first-order valence-electron chi connectivity index (χ1n) is 6.12. The SMILES string of the molecule is CNCCCN(C)C(=O)NC1C=CC(C(=O)O)C1. The van der Waals surface area contributed by atoms with Gasteiger partial charge in [-0.25, -0.2) is 4.79 Å². The Kier molecular flexibility index (Phi) is 5.64. The Hall–Kier alpha value is -1.56. The van der Waals surface area contributed by atoms with Crippen LogP contribution in [0.25, 0.3) is 0 Å². The highest BCUT2D eigenvalue weighted by molar-refractivity contribution is 5.76. The van der Waals surface area contributed by atoms with Gasteiger partial charge in [0.1, 0.15) is 0 Å². The third-order valence-electron chi connectivity index (χ3n) is 2.98. The van der Waals surface area contributed by atoms with Gasteiger partial charge in [0.15, 0.2) is 0 Å². The van der Waals surface area contributed by atoms with E-state index in [1.54, 1.807) is 24.1 Å². The minimum Gasteiger partial charge on any atom is -0.481 e. The lowest BCUT2D eigenvalue weighted by Crippen LogP contribution is -2.42. The van der Waals surface area contributed by atoms with Gasteiger partial charge in [-0.2, -0.15) is 0 Å². The molecule has 1 rings (SSSR count). The van der Waals surface area contributed by atoms with Crippen LogP contribution in [0.5, 0.6) is 0 Å². The lowest BCUT2D eigenvalue weighted by molar-refractivity contribution is -0.140. The number of aliphatic carboxylic acids is 1. The maximum Gasteiger partial charge on any atom is 0.317 e. The molecule has 0 spiro atoms. The van der Waals surface area contributed by atoms with E-state index < -0.39 is 11.9 Å². The number of carbonyl (C=O) groups excluding carboxylic acids is 1. The number of amides is 2. The third-order valence-corrected chi connectivity index (χ3v) is 2.98. The first-order valence-corrected chi connectivity index (χ1v) is 6.12. The van der Waals surface area contributed by atoms with Gasteiger partial charge in [-0.1, -0.05) is 12.2 Å². The summed E-state index contributed by atoms with van der Waals surface area (Å²) >= 11 is 0. The Bertz CT molecular complexity index is 331. The van der Waals surface area contributed by atoms with E-state index in [0.29, 0.717) is 13.0 Å². The summed E-state index contributed by atoms with van der Waals surface area (Å²) in [6, 6.07) is -0.336. The molecule has 3 N–H and O–H groups in total. The molecule has 0 aromatic heterocycles. The number of carboxylic acids is 1. The zero-order chi connectivity index (χ0) is 13.5. The van der Waals surface area contributed by atoms with Crippen LogP contribution in [0.3, 0.4) is 0 Å². The van der Waals surface area contributed by atoms with Crippen molar-refractivity contribution in [1.82, 2.24) is 15.5 Å². The number of carboxylic acid groups (broad SMARTS) is 1. The first-order chi connectivity index (χ1) is 8.54. The fourth-order valence-corrected chi connectivity index (χ4v) is 1.85. The zero-order valence-corrected chi connectivity index (χ0v) is 10.8. The second kappa shape index (κ2) is 7.00. The maximum atomic E-state index is 11.8. The molecule has 2 amide bonds. The smallest absolute Gasteiger partial charge is 0.317 e. The average molecular weight is 255 g/mol. The molecule has 6 nitrogen and oxygen atoms in total. The van der Waals surface area contributed by atoms with Crippen LogP contribution in [0.15, 0.2) is 12.2 Å². The Balaban J connectivity index is 2.29. The quantitative estimate of drug-likeness (QED) is 0.470. The average Bonchev–Trinajstić information content (AvgIpc) is 2.77. The summed E-state index contributed by atoms with van der Waals surface area (Å²) in [6.07, 6.45) is 4.70. The number of carbonyl (C=O) groups is 2. The lowest BCUT2D eigenvalue weighted by Gasteiger charge is -2.20. The fourth-order valence-electron chi connectivity index (χ4n) is 1.85. The van der Waals surface area contributed by atoms with E-state index in [1.807, 2.05) is 7.05 Å². The van der Waals surface area contributed by atoms with E-state index >= 15 is 0 Å². The second-order valence-corrected chi connectivity index (χ2v) is 4.50. The minimum atomic E-state index is -0.842. The number of nitrogens with one attached hydrogen (secondary N) is 2. The molecule has 2 atom stereocenters. The van der Waals surface area contributed by atoms with E-state index in [4.69, 9.17) is 5.11 Å². The number of hydrogen-bond acceptors (Lipinski definition) is 3. The standard InChI is InChI=1S/C12H21N3O3/c1-13-6-3-7-15(2)12(18)14-10-5-4-9(8-10)11(16)17/h4-5,9-10,13H,3,6-8H2,1-2H3,(H,14,18)(H,16,17). The van der Waals surface area contributed by atoms with Crippen molar-refractivity contribution in [1.29, 1.82) is 0 Å². The molecule has 1 aliphatic carbocycles. The molecular weight excluding hydrogens is 234 g/mol. The third kappa shape index (κ3) is 4.37. The van der Waals surface area contributed by atoms with Crippen LogP contribution in [0.4, 0.5) is 4.79 Å². The summed E-state index contributed by atoms with van der Waals surface area (Å²) in [6.45, 7) is 1.54. The van der Waals surface area contributed by atoms with Crippen LogP contribution in [0.1, 0.15) is 12.8 Å². The molecule has 1 aliphatic rings.